The van der Waals surface area contributed by atoms with Gasteiger partial charge in [-0.15, -0.1) is 0 Å². The van der Waals surface area contributed by atoms with Crippen LogP contribution in [0.1, 0.15) is 27.6 Å². The molecule has 3 amide bonds. The molecule has 6 heteroatoms. The summed E-state index contributed by atoms with van der Waals surface area (Å²) in [6, 6.07) is 15.7. The zero-order valence-electron chi connectivity index (χ0n) is 14.5. The molecular formula is C21H16N2O4. The van der Waals surface area contributed by atoms with Gasteiger partial charge in [0.1, 0.15) is 11.8 Å². The quantitative estimate of drug-likeness (QED) is 0.703. The predicted molar refractivity (Wildman–Crippen MR) is 101 cm³/mol. The number of rotatable bonds is 3. The van der Waals surface area contributed by atoms with Gasteiger partial charge in [0.25, 0.3) is 11.8 Å². The SMILES string of the molecule is CC(C(=O)Nc1cccc2c(O)cccc12)N1C(=O)c2ccccc2C1=O. The Bertz CT molecular complexity index is 1070. The minimum absolute atomic E-state index is 0.108. The van der Waals surface area contributed by atoms with Crippen molar-refractivity contribution in [3.05, 3.63) is 71.8 Å². The largest absolute Gasteiger partial charge is 0.507 e. The number of phenolic OH excluding ortho intramolecular Hbond substituents is 1. The molecule has 1 unspecified atom stereocenters. The molecule has 0 radical (unpaired) electrons. The molecule has 0 spiro atoms. The van der Waals surface area contributed by atoms with E-state index in [2.05, 4.69) is 5.32 Å². The summed E-state index contributed by atoms with van der Waals surface area (Å²) in [5.41, 5.74) is 1.10. The second-order valence-electron chi connectivity index (χ2n) is 6.37. The number of phenols is 1. The van der Waals surface area contributed by atoms with Crippen molar-refractivity contribution in [2.75, 3.05) is 5.32 Å². The Balaban J connectivity index is 1.63. The first-order valence-electron chi connectivity index (χ1n) is 8.47. The number of carbonyl (C=O) groups is 3. The lowest BCUT2D eigenvalue weighted by atomic mass is 10.1. The second-order valence-corrected chi connectivity index (χ2v) is 6.37. The molecule has 0 fully saturated rings. The molecule has 0 aromatic heterocycles. The average molecular weight is 360 g/mol. The number of hydrogen-bond acceptors (Lipinski definition) is 4. The maximum Gasteiger partial charge on any atom is 0.262 e. The Kier molecular flexibility index (Phi) is 3.88. The number of anilines is 1. The minimum Gasteiger partial charge on any atom is -0.507 e. The zero-order valence-corrected chi connectivity index (χ0v) is 14.5. The summed E-state index contributed by atoms with van der Waals surface area (Å²) >= 11 is 0. The van der Waals surface area contributed by atoms with E-state index in [0.29, 0.717) is 27.6 Å². The van der Waals surface area contributed by atoms with Crippen LogP contribution in [-0.4, -0.2) is 33.8 Å². The normalized spacial score (nSPS) is 14.3. The van der Waals surface area contributed by atoms with Gasteiger partial charge in [0, 0.05) is 16.5 Å². The smallest absolute Gasteiger partial charge is 0.262 e. The summed E-state index contributed by atoms with van der Waals surface area (Å²) in [4.78, 5) is 38.8. The highest BCUT2D eigenvalue weighted by atomic mass is 16.3. The number of imide groups is 1. The summed E-state index contributed by atoms with van der Waals surface area (Å²) in [6.07, 6.45) is 0. The first-order chi connectivity index (χ1) is 13.0. The lowest BCUT2D eigenvalue weighted by Gasteiger charge is -2.22. The van der Waals surface area contributed by atoms with Crippen LogP contribution in [0, 0.1) is 0 Å². The third-order valence-corrected chi connectivity index (χ3v) is 4.75. The fourth-order valence-corrected chi connectivity index (χ4v) is 3.32. The van der Waals surface area contributed by atoms with E-state index >= 15 is 0 Å². The van der Waals surface area contributed by atoms with Gasteiger partial charge in [-0.05, 0) is 31.2 Å². The van der Waals surface area contributed by atoms with E-state index in [-0.39, 0.29) is 5.75 Å². The van der Waals surface area contributed by atoms with Gasteiger partial charge in [0.15, 0.2) is 0 Å². The lowest BCUT2D eigenvalue weighted by Crippen LogP contribution is -2.45. The monoisotopic (exact) mass is 360 g/mol. The topological polar surface area (TPSA) is 86.7 Å². The van der Waals surface area contributed by atoms with Crippen LogP contribution in [-0.2, 0) is 4.79 Å². The van der Waals surface area contributed by atoms with Crippen LogP contribution >= 0.6 is 0 Å². The number of hydrogen-bond donors (Lipinski definition) is 2. The summed E-state index contributed by atoms with van der Waals surface area (Å²) in [7, 11) is 0. The molecule has 0 aliphatic carbocycles. The Morgan fingerprint density at radius 3 is 2.15 bits per heavy atom. The fraction of sp³-hybridized carbons (Fsp3) is 0.0952. The van der Waals surface area contributed by atoms with Gasteiger partial charge in [-0.2, -0.15) is 0 Å². The number of nitrogens with one attached hydrogen (secondary N) is 1. The van der Waals surface area contributed by atoms with Crippen LogP contribution in [0.15, 0.2) is 60.7 Å². The molecule has 1 heterocycles. The van der Waals surface area contributed by atoms with Crippen LogP contribution in [0.4, 0.5) is 5.69 Å². The van der Waals surface area contributed by atoms with E-state index in [1.54, 1.807) is 60.7 Å². The van der Waals surface area contributed by atoms with Crippen molar-refractivity contribution in [2.45, 2.75) is 13.0 Å². The molecule has 0 saturated heterocycles. The van der Waals surface area contributed by atoms with Crippen molar-refractivity contribution in [3.63, 3.8) is 0 Å². The Morgan fingerprint density at radius 2 is 1.48 bits per heavy atom. The molecule has 4 rings (SSSR count). The van der Waals surface area contributed by atoms with Gasteiger partial charge in [0.2, 0.25) is 5.91 Å². The first kappa shape index (κ1) is 16.8. The molecule has 1 aliphatic heterocycles. The summed E-state index contributed by atoms with van der Waals surface area (Å²) in [5, 5.41) is 14.0. The summed E-state index contributed by atoms with van der Waals surface area (Å²) < 4.78 is 0. The van der Waals surface area contributed by atoms with Crippen LogP contribution in [0.25, 0.3) is 10.8 Å². The first-order valence-corrected chi connectivity index (χ1v) is 8.47. The van der Waals surface area contributed by atoms with Crippen LogP contribution in [0.5, 0.6) is 5.75 Å². The minimum atomic E-state index is -0.982. The Labute approximate surface area is 155 Å². The molecule has 1 atom stereocenters. The van der Waals surface area contributed by atoms with Gasteiger partial charge >= 0.3 is 0 Å². The molecule has 1 aliphatic rings. The molecule has 134 valence electrons. The number of amides is 3. The van der Waals surface area contributed by atoms with E-state index in [1.807, 2.05) is 0 Å². The zero-order chi connectivity index (χ0) is 19.1. The lowest BCUT2D eigenvalue weighted by molar-refractivity contribution is -0.119. The molecule has 27 heavy (non-hydrogen) atoms. The fourth-order valence-electron chi connectivity index (χ4n) is 3.32. The van der Waals surface area contributed by atoms with Gasteiger partial charge in [-0.3, -0.25) is 19.3 Å². The molecule has 3 aromatic carbocycles. The molecule has 2 N–H and O–H groups in total. The number of nitrogens with zero attached hydrogens (tertiary/aromatic N) is 1. The van der Waals surface area contributed by atoms with Gasteiger partial charge in [-0.25, -0.2) is 0 Å². The van der Waals surface area contributed by atoms with Gasteiger partial charge in [0.05, 0.1) is 11.1 Å². The Morgan fingerprint density at radius 1 is 0.889 bits per heavy atom. The molecule has 0 saturated carbocycles. The van der Waals surface area contributed by atoms with E-state index in [9.17, 15) is 19.5 Å². The van der Waals surface area contributed by atoms with Gasteiger partial charge in [-0.1, -0.05) is 36.4 Å². The number of aromatic hydroxyl groups is 1. The van der Waals surface area contributed by atoms with Crippen molar-refractivity contribution >= 4 is 34.2 Å². The Hall–Kier alpha value is -3.67. The third kappa shape index (κ3) is 2.62. The average Bonchev–Trinajstić information content (AvgIpc) is 2.93. The van der Waals surface area contributed by atoms with Crippen LogP contribution in [0.2, 0.25) is 0 Å². The molecular weight excluding hydrogens is 344 g/mol. The van der Waals surface area contributed by atoms with Crippen LogP contribution < -0.4 is 5.32 Å². The highest BCUT2D eigenvalue weighted by Gasteiger charge is 2.40. The molecule has 0 bridgehead atoms. The van der Waals surface area contributed by atoms with Crippen molar-refractivity contribution in [1.29, 1.82) is 0 Å². The molecule has 3 aromatic rings. The third-order valence-electron chi connectivity index (χ3n) is 4.75. The number of benzene rings is 3. The van der Waals surface area contributed by atoms with E-state index in [4.69, 9.17) is 0 Å². The predicted octanol–water partition coefficient (Wildman–Crippen LogP) is 3.17. The van der Waals surface area contributed by atoms with Crippen molar-refractivity contribution in [3.8, 4) is 5.75 Å². The van der Waals surface area contributed by atoms with Crippen molar-refractivity contribution in [1.82, 2.24) is 4.90 Å². The van der Waals surface area contributed by atoms with E-state index in [1.165, 1.54) is 6.92 Å². The van der Waals surface area contributed by atoms with E-state index in [0.717, 1.165) is 4.90 Å². The second kappa shape index (κ2) is 6.25. The maximum atomic E-state index is 12.8. The van der Waals surface area contributed by atoms with E-state index < -0.39 is 23.8 Å². The highest BCUT2D eigenvalue weighted by molar-refractivity contribution is 6.23. The summed E-state index contributed by atoms with van der Waals surface area (Å²) in [5.74, 6) is -1.33. The van der Waals surface area contributed by atoms with Gasteiger partial charge < -0.3 is 10.4 Å². The number of carbonyl (C=O) groups excluding carboxylic acids is 3. The number of fused-ring (bicyclic) bond motifs is 2. The van der Waals surface area contributed by atoms with Crippen molar-refractivity contribution in [2.24, 2.45) is 0 Å². The maximum absolute atomic E-state index is 12.8. The molecule has 6 nitrogen and oxygen atoms in total. The van der Waals surface area contributed by atoms with Crippen molar-refractivity contribution < 1.29 is 19.5 Å². The standard InChI is InChI=1S/C21H16N2O4/c1-12(23-20(26)15-6-2-3-7-16(15)21(23)27)19(25)22-17-10-4-9-14-13(17)8-5-11-18(14)24/h2-12,24H,1H3,(H,22,25). The van der Waals surface area contributed by atoms with Crippen LogP contribution in [0.3, 0.4) is 0 Å². The highest BCUT2D eigenvalue weighted by Crippen LogP contribution is 2.30. The summed E-state index contributed by atoms with van der Waals surface area (Å²) in [6.45, 7) is 1.51.